The molecule has 1 rings (SSSR count). The van der Waals surface area contributed by atoms with Crippen molar-refractivity contribution in [1.82, 2.24) is 10.2 Å². The lowest BCUT2D eigenvalue weighted by Crippen LogP contribution is -2.34. The van der Waals surface area contributed by atoms with E-state index in [1.54, 1.807) is 6.20 Å². The number of rotatable bonds is 5. The molecule has 0 aromatic carbocycles. The maximum Gasteiger partial charge on any atom is 0.151 e. The van der Waals surface area contributed by atoms with Crippen molar-refractivity contribution in [2.45, 2.75) is 6.92 Å². The van der Waals surface area contributed by atoms with E-state index in [9.17, 15) is 0 Å². The highest BCUT2D eigenvalue weighted by Crippen LogP contribution is 2.09. The molecule has 5 heteroatoms. The third-order valence-electron chi connectivity index (χ3n) is 1.90. The van der Waals surface area contributed by atoms with Crippen LogP contribution in [0, 0.1) is 6.92 Å². The number of nitrogens with two attached hydrogens (primary N) is 2. The second-order valence-electron chi connectivity index (χ2n) is 3.16. The molecule has 1 aromatic rings. The molecule has 1 heterocycles. The fourth-order valence-corrected chi connectivity index (χ4v) is 1.26. The molecule has 0 spiro atoms. The maximum atomic E-state index is 5.50. The summed E-state index contributed by atoms with van der Waals surface area (Å²) < 4.78 is 0. The van der Waals surface area contributed by atoms with E-state index in [1.807, 2.05) is 17.9 Å². The number of hydrogen-bond donors (Lipinski definition) is 2. The molecule has 0 unspecified atom stereocenters. The lowest BCUT2D eigenvalue weighted by atomic mass is 10.3. The summed E-state index contributed by atoms with van der Waals surface area (Å²) in [5, 5.41) is 7.94. The minimum absolute atomic E-state index is 0.593. The topological polar surface area (TPSA) is 81.1 Å². The van der Waals surface area contributed by atoms with E-state index in [0.29, 0.717) is 13.1 Å². The zero-order valence-corrected chi connectivity index (χ0v) is 8.48. The molecule has 1 aromatic heterocycles. The minimum atomic E-state index is 0.593. The largest absolute Gasteiger partial charge is 0.353 e. The van der Waals surface area contributed by atoms with Crippen LogP contribution in [-0.4, -0.2) is 36.4 Å². The Hall–Kier alpha value is -1.20. The van der Waals surface area contributed by atoms with E-state index in [2.05, 4.69) is 10.2 Å². The van der Waals surface area contributed by atoms with Crippen molar-refractivity contribution >= 4 is 5.82 Å². The van der Waals surface area contributed by atoms with Crippen LogP contribution in [0.5, 0.6) is 0 Å². The van der Waals surface area contributed by atoms with Gasteiger partial charge in [0.15, 0.2) is 5.82 Å². The summed E-state index contributed by atoms with van der Waals surface area (Å²) in [7, 11) is 0. The van der Waals surface area contributed by atoms with Crippen molar-refractivity contribution in [3.63, 3.8) is 0 Å². The zero-order chi connectivity index (χ0) is 10.4. The van der Waals surface area contributed by atoms with Crippen LogP contribution < -0.4 is 16.4 Å². The number of aromatic nitrogens is 2. The first-order valence-electron chi connectivity index (χ1n) is 4.72. The molecule has 5 nitrogen and oxygen atoms in total. The molecule has 0 bridgehead atoms. The van der Waals surface area contributed by atoms with E-state index in [1.165, 1.54) is 0 Å². The Balaban J connectivity index is 2.75. The fraction of sp³-hybridized carbons (Fsp3) is 0.556. The van der Waals surface area contributed by atoms with Gasteiger partial charge in [-0.3, -0.25) is 0 Å². The van der Waals surface area contributed by atoms with Gasteiger partial charge in [-0.1, -0.05) is 0 Å². The molecular formula is C9H17N5. The average molecular weight is 195 g/mol. The van der Waals surface area contributed by atoms with Crippen LogP contribution in [0.2, 0.25) is 0 Å². The molecule has 78 valence electrons. The van der Waals surface area contributed by atoms with Crippen molar-refractivity contribution in [2.75, 3.05) is 31.1 Å². The molecule has 0 saturated carbocycles. The van der Waals surface area contributed by atoms with Gasteiger partial charge >= 0.3 is 0 Å². The van der Waals surface area contributed by atoms with Gasteiger partial charge in [-0.15, -0.1) is 5.10 Å². The second-order valence-corrected chi connectivity index (χ2v) is 3.16. The van der Waals surface area contributed by atoms with Gasteiger partial charge in [0, 0.05) is 26.2 Å². The number of aryl methyl sites for hydroxylation is 1. The molecule has 0 aliphatic carbocycles. The Morgan fingerprint density at radius 2 is 1.93 bits per heavy atom. The smallest absolute Gasteiger partial charge is 0.151 e. The van der Waals surface area contributed by atoms with Gasteiger partial charge in [0.1, 0.15) is 0 Å². The molecule has 0 aliphatic heterocycles. The van der Waals surface area contributed by atoms with Crippen molar-refractivity contribution in [3.05, 3.63) is 17.8 Å². The molecule has 0 atom stereocenters. The Morgan fingerprint density at radius 1 is 1.29 bits per heavy atom. The highest BCUT2D eigenvalue weighted by Gasteiger charge is 2.06. The van der Waals surface area contributed by atoms with Crippen LogP contribution in [0.1, 0.15) is 5.56 Å². The van der Waals surface area contributed by atoms with E-state index in [-0.39, 0.29) is 0 Å². The summed E-state index contributed by atoms with van der Waals surface area (Å²) in [6, 6.07) is 1.98. The number of hydrogen-bond acceptors (Lipinski definition) is 5. The van der Waals surface area contributed by atoms with Gasteiger partial charge in [-0.05, 0) is 18.6 Å². The van der Waals surface area contributed by atoms with Gasteiger partial charge in [-0.25, -0.2) is 0 Å². The van der Waals surface area contributed by atoms with E-state index < -0.39 is 0 Å². The Labute approximate surface area is 84.1 Å². The molecule has 0 aliphatic rings. The van der Waals surface area contributed by atoms with Crippen LogP contribution in [0.25, 0.3) is 0 Å². The summed E-state index contributed by atoms with van der Waals surface area (Å²) in [5.74, 6) is 0.848. The van der Waals surface area contributed by atoms with Gasteiger partial charge in [0.25, 0.3) is 0 Å². The van der Waals surface area contributed by atoms with Gasteiger partial charge in [0.2, 0.25) is 0 Å². The molecular weight excluding hydrogens is 178 g/mol. The van der Waals surface area contributed by atoms with Crippen LogP contribution in [0.15, 0.2) is 12.3 Å². The molecule has 0 radical (unpaired) electrons. The highest BCUT2D eigenvalue weighted by atomic mass is 15.3. The predicted octanol–water partition coefficient (Wildman–Crippen LogP) is -0.491. The lowest BCUT2D eigenvalue weighted by Gasteiger charge is -2.21. The fourth-order valence-electron chi connectivity index (χ4n) is 1.26. The SMILES string of the molecule is Cc1cnnc(N(CCN)CCN)c1. The molecule has 0 amide bonds. The van der Waals surface area contributed by atoms with E-state index in [0.717, 1.165) is 24.5 Å². The average Bonchev–Trinajstić information content (AvgIpc) is 2.17. The van der Waals surface area contributed by atoms with Crippen molar-refractivity contribution in [1.29, 1.82) is 0 Å². The standard InChI is InChI=1S/C9H17N5/c1-8-6-9(13-12-7-8)14(4-2-10)5-3-11/h6-7H,2-5,10-11H2,1H3. The van der Waals surface area contributed by atoms with Crippen LogP contribution in [0.3, 0.4) is 0 Å². The van der Waals surface area contributed by atoms with Crippen LogP contribution in [-0.2, 0) is 0 Å². The van der Waals surface area contributed by atoms with Crippen molar-refractivity contribution < 1.29 is 0 Å². The normalized spacial score (nSPS) is 10.2. The van der Waals surface area contributed by atoms with Crippen molar-refractivity contribution in [3.8, 4) is 0 Å². The third-order valence-corrected chi connectivity index (χ3v) is 1.90. The third kappa shape index (κ3) is 2.93. The first-order chi connectivity index (χ1) is 6.77. The minimum Gasteiger partial charge on any atom is -0.353 e. The van der Waals surface area contributed by atoms with Gasteiger partial charge in [-0.2, -0.15) is 5.10 Å². The Bertz CT molecular complexity index is 270. The molecule has 4 N–H and O–H groups in total. The summed E-state index contributed by atoms with van der Waals surface area (Å²) >= 11 is 0. The summed E-state index contributed by atoms with van der Waals surface area (Å²) in [6.07, 6.45) is 1.73. The van der Waals surface area contributed by atoms with Gasteiger partial charge in [0.05, 0.1) is 6.20 Å². The Morgan fingerprint density at radius 3 is 2.43 bits per heavy atom. The van der Waals surface area contributed by atoms with Crippen LogP contribution in [0.4, 0.5) is 5.82 Å². The predicted molar refractivity (Wildman–Crippen MR) is 57.1 cm³/mol. The second kappa shape index (κ2) is 5.51. The number of nitrogens with zero attached hydrogens (tertiary/aromatic N) is 3. The van der Waals surface area contributed by atoms with Crippen molar-refractivity contribution in [2.24, 2.45) is 11.5 Å². The summed E-state index contributed by atoms with van der Waals surface area (Å²) in [4.78, 5) is 2.04. The van der Waals surface area contributed by atoms with Crippen LogP contribution >= 0.6 is 0 Å². The monoisotopic (exact) mass is 195 g/mol. The highest BCUT2D eigenvalue weighted by molar-refractivity contribution is 5.38. The zero-order valence-electron chi connectivity index (χ0n) is 8.48. The van der Waals surface area contributed by atoms with E-state index >= 15 is 0 Å². The molecule has 14 heavy (non-hydrogen) atoms. The lowest BCUT2D eigenvalue weighted by molar-refractivity contribution is 0.758. The molecule has 0 saturated heterocycles. The van der Waals surface area contributed by atoms with Gasteiger partial charge < -0.3 is 16.4 Å². The summed E-state index contributed by atoms with van der Waals surface area (Å²) in [6.45, 7) is 4.69. The molecule has 0 fully saturated rings. The maximum absolute atomic E-state index is 5.50. The van der Waals surface area contributed by atoms with E-state index in [4.69, 9.17) is 11.5 Å². The Kier molecular flexibility index (Phi) is 4.28. The number of anilines is 1. The summed E-state index contributed by atoms with van der Waals surface area (Å²) in [5.41, 5.74) is 12.1. The first-order valence-corrected chi connectivity index (χ1v) is 4.72. The quantitative estimate of drug-likeness (QED) is 0.662. The first kappa shape index (κ1) is 10.9.